The molecule has 2 atom stereocenters. The van der Waals surface area contributed by atoms with E-state index in [1.165, 1.54) is 19.4 Å². The van der Waals surface area contributed by atoms with Crippen LogP contribution in [0.5, 0.6) is 0 Å². The summed E-state index contributed by atoms with van der Waals surface area (Å²) in [5.74, 6) is 1.46. The lowest BCUT2D eigenvalue weighted by atomic mass is 9.93. The van der Waals surface area contributed by atoms with Crippen LogP contribution in [0.2, 0.25) is 0 Å². The molecule has 1 amide bonds. The first-order valence-corrected chi connectivity index (χ1v) is 8.46. The molecular weight excluding hydrogens is 264 g/mol. The van der Waals surface area contributed by atoms with Crippen LogP contribution in [0.15, 0.2) is 12.2 Å². The summed E-state index contributed by atoms with van der Waals surface area (Å²) in [5, 5.41) is 0. The van der Waals surface area contributed by atoms with Crippen molar-refractivity contribution in [3.05, 3.63) is 12.2 Å². The van der Waals surface area contributed by atoms with Gasteiger partial charge in [0.25, 0.3) is 0 Å². The van der Waals surface area contributed by atoms with Gasteiger partial charge in [0.15, 0.2) is 0 Å². The van der Waals surface area contributed by atoms with Gasteiger partial charge in [0.1, 0.15) is 0 Å². The second-order valence-electron chi connectivity index (χ2n) is 6.92. The molecule has 1 saturated carbocycles. The Bertz CT molecular complexity index is 392. The van der Waals surface area contributed by atoms with Gasteiger partial charge in [-0.05, 0) is 45.1 Å². The molecule has 4 heteroatoms. The molecule has 0 radical (unpaired) electrons. The summed E-state index contributed by atoms with van der Waals surface area (Å²) < 4.78 is 5.87. The van der Waals surface area contributed by atoms with E-state index in [2.05, 4.69) is 24.1 Å². The number of carbonyl (C=O) groups is 1. The Kier molecular flexibility index (Phi) is 4.96. The van der Waals surface area contributed by atoms with Gasteiger partial charge in [0.2, 0.25) is 5.91 Å². The van der Waals surface area contributed by atoms with Crippen molar-refractivity contribution in [1.82, 2.24) is 9.80 Å². The van der Waals surface area contributed by atoms with Gasteiger partial charge in [-0.25, -0.2) is 0 Å². The standard InChI is InChI=1S/C17H28N2O2/c1-18(11-14-7-8-14)12-16-13-19(9-10-21-16)17(20)15-5-3-2-4-6-15/h2-3,14-16H,4-13H2,1H3. The molecule has 0 bridgehead atoms. The lowest BCUT2D eigenvalue weighted by Crippen LogP contribution is -2.51. The summed E-state index contributed by atoms with van der Waals surface area (Å²) in [6.45, 7) is 4.36. The van der Waals surface area contributed by atoms with Crippen LogP contribution < -0.4 is 0 Å². The van der Waals surface area contributed by atoms with E-state index in [-0.39, 0.29) is 12.0 Å². The summed E-state index contributed by atoms with van der Waals surface area (Å²) in [4.78, 5) is 17.0. The maximum Gasteiger partial charge on any atom is 0.226 e. The number of morpholine rings is 1. The van der Waals surface area contributed by atoms with Crippen LogP contribution in [0.1, 0.15) is 32.1 Å². The van der Waals surface area contributed by atoms with Crippen LogP contribution in [0.25, 0.3) is 0 Å². The number of hydrogen-bond acceptors (Lipinski definition) is 3. The van der Waals surface area contributed by atoms with Crippen molar-refractivity contribution in [1.29, 1.82) is 0 Å². The van der Waals surface area contributed by atoms with Crippen molar-refractivity contribution in [2.24, 2.45) is 11.8 Å². The minimum absolute atomic E-state index is 0.186. The predicted octanol–water partition coefficient (Wildman–Crippen LogP) is 1.91. The third-order valence-electron chi connectivity index (χ3n) is 4.85. The van der Waals surface area contributed by atoms with E-state index in [4.69, 9.17) is 4.74 Å². The van der Waals surface area contributed by atoms with Crippen LogP contribution in [0, 0.1) is 11.8 Å². The Morgan fingerprint density at radius 3 is 2.86 bits per heavy atom. The quantitative estimate of drug-likeness (QED) is 0.726. The maximum atomic E-state index is 12.6. The van der Waals surface area contributed by atoms with Crippen molar-refractivity contribution in [2.45, 2.75) is 38.2 Å². The van der Waals surface area contributed by atoms with Crippen LogP contribution in [0.4, 0.5) is 0 Å². The van der Waals surface area contributed by atoms with E-state index in [1.807, 2.05) is 4.90 Å². The zero-order chi connectivity index (χ0) is 14.7. The number of likely N-dealkylation sites (N-methyl/N-ethyl adjacent to an activating group) is 1. The topological polar surface area (TPSA) is 32.8 Å². The fraction of sp³-hybridized carbons (Fsp3) is 0.824. The van der Waals surface area contributed by atoms with Gasteiger partial charge in [-0.3, -0.25) is 4.79 Å². The normalized spacial score (nSPS) is 29.9. The molecule has 0 spiro atoms. The molecule has 0 aromatic heterocycles. The van der Waals surface area contributed by atoms with Crippen molar-refractivity contribution in [2.75, 3.05) is 39.8 Å². The maximum absolute atomic E-state index is 12.6. The highest BCUT2D eigenvalue weighted by Crippen LogP contribution is 2.29. The van der Waals surface area contributed by atoms with Gasteiger partial charge >= 0.3 is 0 Å². The molecule has 4 nitrogen and oxygen atoms in total. The van der Waals surface area contributed by atoms with Gasteiger partial charge in [0.05, 0.1) is 12.7 Å². The van der Waals surface area contributed by atoms with Gasteiger partial charge in [0, 0.05) is 32.1 Å². The fourth-order valence-corrected chi connectivity index (χ4v) is 3.47. The monoisotopic (exact) mass is 292 g/mol. The van der Waals surface area contributed by atoms with E-state index < -0.39 is 0 Å². The van der Waals surface area contributed by atoms with Gasteiger partial charge in [-0.2, -0.15) is 0 Å². The molecule has 2 unspecified atom stereocenters. The molecule has 0 aromatic carbocycles. The van der Waals surface area contributed by atoms with Crippen molar-refractivity contribution < 1.29 is 9.53 Å². The first-order chi connectivity index (χ1) is 10.2. The van der Waals surface area contributed by atoms with Crippen molar-refractivity contribution in [3.8, 4) is 0 Å². The third-order valence-corrected chi connectivity index (χ3v) is 4.85. The van der Waals surface area contributed by atoms with Gasteiger partial charge < -0.3 is 14.5 Å². The minimum atomic E-state index is 0.186. The summed E-state index contributed by atoms with van der Waals surface area (Å²) >= 11 is 0. The molecule has 3 rings (SSSR count). The van der Waals surface area contributed by atoms with E-state index >= 15 is 0 Å². The number of allylic oxidation sites excluding steroid dienone is 2. The number of nitrogens with zero attached hydrogens (tertiary/aromatic N) is 2. The summed E-state index contributed by atoms with van der Waals surface area (Å²) in [6, 6.07) is 0. The lowest BCUT2D eigenvalue weighted by molar-refractivity contribution is -0.144. The Hall–Kier alpha value is -0.870. The molecule has 0 aromatic rings. The van der Waals surface area contributed by atoms with E-state index in [0.717, 1.165) is 44.8 Å². The zero-order valence-corrected chi connectivity index (χ0v) is 13.2. The highest BCUT2D eigenvalue weighted by atomic mass is 16.5. The molecule has 0 N–H and O–H groups in total. The number of hydrogen-bond donors (Lipinski definition) is 0. The number of rotatable bonds is 5. The van der Waals surface area contributed by atoms with E-state index in [9.17, 15) is 4.79 Å². The second kappa shape index (κ2) is 6.93. The Morgan fingerprint density at radius 1 is 1.29 bits per heavy atom. The summed E-state index contributed by atoms with van der Waals surface area (Å²) in [5.41, 5.74) is 0. The minimum Gasteiger partial charge on any atom is -0.373 e. The number of carbonyl (C=O) groups excluding carboxylic acids is 1. The largest absolute Gasteiger partial charge is 0.373 e. The smallest absolute Gasteiger partial charge is 0.226 e. The van der Waals surface area contributed by atoms with Crippen molar-refractivity contribution in [3.63, 3.8) is 0 Å². The molecular formula is C17H28N2O2. The van der Waals surface area contributed by atoms with E-state index in [1.54, 1.807) is 0 Å². The van der Waals surface area contributed by atoms with Crippen LogP contribution in [-0.2, 0) is 9.53 Å². The first kappa shape index (κ1) is 15.0. The third kappa shape index (κ3) is 4.30. The second-order valence-corrected chi connectivity index (χ2v) is 6.92. The molecule has 2 fully saturated rings. The lowest BCUT2D eigenvalue weighted by Gasteiger charge is -2.36. The predicted molar refractivity (Wildman–Crippen MR) is 83.0 cm³/mol. The average molecular weight is 292 g/mol. The zero-order valence-electron chi connectivity index (χ0n) is 13.2. The number of amides is 1. The SMILES string of the molecule is CN(CC1CC1)CC1CN(C(=O)C2CC=CCC2)CCO1. The van der Waals surface area contributed by atoms with E-state index in [0.29, 0.717) is 12.5 Å². The molecule has 118 valence electrons. The Balaban J connectivity index is 1.47. The van der Waals surface area contributed by atoms with Crippen LogP contribution in [0.3, 0.4) is 0 Å². The molecule has 2 aliphatic carbocycles. The van der Waals surface area contributed by atoms with Gasteiger partial charge in [-0.15, -0.1) is 0 Å². The van der Waals surface area contributed by atoms with Gasteiger partial charge in [-0.1, -0.05) is 12.2 Å². The summed E-state index contributed by atoms with van der Waals surface area (Å²) in [6.07, 6.45) is 10.3. The van der Waals surface area contributed by atoms with Crippen molar-refractivity contribution >= 4 is 5.91 Å². The molecule has 1 heterocycles. The summed E-state index contributed by atoms with van der Waals surface area (Å²) in [7, 11) is 2.17. The highest BCUT2D eigenvalue weighted by molar-refractivity contribution is 5.79. The molecule has 3 aliphatic rings. The highest BCUT2D eigenvalue weighted by Gasteiger charge is 2.30. The fourth-order valence-electron chi connectivity index (χ4n) is 3.47. The number of ether oxygens (including phenoxy) is 1. The molecule has 1 aliphatic heterocycles. The van der Waals surface area contributed by atoms with Crippen LogP contribution >= 0.6 is 0 Å². The molecule has 1 saturated heterocycles. The average Bonchev–Trinajstić information content (AvgIpc) is 3.31. The first-order valence-electron chi connectivity index (χ1n) is 8.46. The van der Waals surface area contributed by atoms with Crippen LogP contribution in [-0.4, -0.2) is 61.6 Å². The Labute approximate surface area is 128 Å². The molecule has 21 heavy (non-hydrogen) atoms. The Morgan fingerprint density at radius 2 is 2.14 bits per heavy atom.